The first-order valence-electron chi connectivity index (χ1n) is 7.41. The number of nitrogens with one attached hydrogen (secondary N) is 1. The summed E-state index contributed by atoms with van der Waals surface area (Å²) in [6, 6.07) is 3.55. The Hall–Kier alpha value is -1.91. The smallest absolute Gasteiger partial charge is 0.337 e. The maximum absolute atomic E-state index is 11.5. The van der Waals surface area contributed by atoms with E-state index in [2.05, 4.69) is 5.32 Å². The van der Waals surface area contributed by atoms with Crippen LogP contribution < -0.4 is 14.8 Å². The van der Waals surface area contributed by atoms with E-state index in [0.717, 1.165) is 12.8 Å². The number of hydrogen-bond donors (Lipinski definition) is 2. The van der Waals surface area contributed by atoms with Crippen molar-refractivity contribution in [2.75, 3.05) is 19.5 Å². The fourth-order valence-electron chi connectivity index (χ4n) is 2.82. The van der Waals surface area contributed by atoms with Gasteiger partial charge in [-0.1, -0.05) is 25.7 Å². The zero-order valence-electron chi connectivity index (χ0n) is 12.6. The van der Waals surface area contributed by atoms with Crippen LogP contribution >= 0.6 is 0 Å². The van der Waals surface area contributed by atoms with Crippen molar-refractivity contribution in [1.29, 1.82) is 0 Å². The lowest BCUT2D eigenvalue weighted by molar-refractivity contribution is 0.0697. The van der Waals surface area contributed by atoms with Crippen LogP contribution in [0, 0.1) is 0 Å². The SMILES string of the molecule is COc1cc(NC2CCCCCC2)c(C(=O)O)cc1OC. The Bertz CT molecular complexity index is 493. The minimum Gasteiger partial charge on any atom is -0.493 e. The number of carbonyl (C=O) groups is 1. The van der Waals surface area contributed by atoms with Crippen molar-refractivity contribution in [3.63, 3.8) is 0 Å². The van der Waals surface area contributed by atoms with E-state index in [0.29, 0.717) is 23.2 Å². The minimum atomic E-state index is -0.966. The number of hydrogen-bond acceptors (Lipinski definition) is 4. The lowest BCUT2D eigenvalue weighted by Gasteiger charge is -2.20. The van der Waals surface area contributed by atoms with Crippen LogP contribution in [0.15, 0.2) is 12.1 Å². The van der Waals surface area contributed by atoms with Gasteiger partial charge < -0.3 is 19.9 Å². The molecule has 116 valence electrons. The van der Waals surface area contributed by atoms with E-state index in [1.54, 1.807) is 13.2 Å². The van der Waals surface area contributed by atoms with Crippen LogP contribution in [-0.2, 0) is 0 Å². The highest BCUT2D eigenvalue weighted by Crippen LogP contribution is 2.34. The fourth-order valence-corrected chi connectivity index (χ4v) is 2.82. The molecule has 0 spiro atoms. The second-order valence-corrected chi connectivity index (χ2v) is 5.39. The quantitative estimate of drug-likeness (QED) is 0.813. The van der Waals surface area contributed by atoms with Crippen LogP contribution in [-0.4, -0.2) is 31.3 Å². The third-order valence-electron chi connectivity index (χ3n) is 3.97. The first kappa shape index (κ1) is 15.5. The van der Waals surface area contributed by atoms with Crippen LogP contribution in [0.1, 0.15) is 48.9 Å². The van der Waals surface area contributed by atoms with Gasteiger partial charge in [-0.3, -0.25) is 0 Å². The highest BCUT2D eigenvalue weighted by molar-refractivity contribution is 5.95. The Morgan fingerprint density at radius 1 is 1.10 bits per heavy atom. The summed E-state index contributed by atoms with van der Waals surface area (Å²) in [5.74, 6) is 0.00649. The molecule has 2 rings (SSSR count). The van der Waals surface area contributed by atoms with Gasteiger partial charge in [0.05, 0.1) is 25.5 Å². The van der Waals surface area contributed by atoms with Gasteiger partial charge in [-0.2, -0.15) is 0 Å². The Morgan fingerprint density at radius 3 is 2.19 bits per heavy atom. The molecule has 5 heteroatoms. The average molecular weight is 293 g/mol. The van der Waals surface area contributed by atoms with Gasteiger partial charge in [0.25, 0.3) is 0 Å². The normalized spacial score (nSPS) is 16.1. The Kier molecular flexibility index (Phi) is 5.31. The first-order valence-corrected chi connectivity index (χ1v) is 7.41. The van der Waals surface area contributed by atoms with Crippen LogP contribution in [0.25, 0.3) is 0 Å². The summed E-state index contributed by atoms with van der Waals surface area (Å²) in [5.41, 5.74) is 0.823. The van der Waals surface area contributed by atoms with E-state index >= 15 is 0 Å². The summed E-state index contributed by atoms with van der Waals surface area (Å²) < 4.78 is 10.4. The van der Waals surface area contributed by atoms with Crippen LogP contribution in [0.5, 0.6) is 11.5 Å². The molecule has 0 aromatic heterocycles. The average Bonchev–Trinajstić information content (AvgIpc) is 2.75. The van der Waals surface area contributed by atoms with Crippen molar-refractivity contribution in [1.82, 2.24) is 0 Å². The molecule has 21 heavy (non-hydrogen) atoms. The maximum atomic E-state index is 11.5. The summed E-state index contributed by atoms with van der Waals surface area (Å²) >= 11 is 0. The zero-order valence-corrected chi connectivity index (χ0v) is 12.6. The van der Waals surface area contributed by atoms with E-state index in [9.17, 15) is 9.90 Å². The van der Waals surface area contributed by atoms with Gasteiger partial charge in [-0.15, -0.1) is 0 Å². The van der Waals surface area contributed by atoms with Crippen LogP contribution in [0.3, 0.4) is 0 Å². The Labute approximate surface area is 125 Å². The topological polar surface area (TPSA) is 67.8 Å². The molecule has 0 saturated heterocycles. The molecule has 1 aliphatic rings. The van der Waals surface area contributed by atoms with Crippen molar-refractivity contribution in [3.8, 4) is 11.5 Å². The molecule has 1 aliphatic carbocycles. The van der Waals surface area contributed by atoms with Crippen LogP contribution in [0.4, 0.5) is 5.69 Å². The summed E-state index contributed by atoms with van der Waals surface area (Å²) in [4.78, 5) is 11.5. The largest absolute Gasteiger partial charge is 0.493 e. The standard InChI is InChI=1S/C16H23NO4/c1-20-14-9-12(16(18)19)13(10-15(14)21-2)17-11-7-5-3-4-6-8-11/h9-11,17H,3-8H2,1-2H3,(H,18,19). The fraction of sp³-hybridized carbons (Fsp3) is 0.562. The highest BCUT2D eigenvalue weighted by Gasteiger charge is 2.19. The molecule has 0 bridgehead atoms. The number of ether oxygens (including phenoxy) is 2. The number of aromatic carboxylic acids is 1. The Balaban J connectivity index is 2.29. The van der Waals surface area contributed by atoms with E-state index in [1.807, 2.05) is 0 Å². The molecule has 1 aromatic rings. The molecule has 1 aromatic carbocycles. The van der Waals surface area contributed by atoms with Crippen molar-refractivity contribution in [2.24, 2.45) is 0 Å². The van der Waals surface area contributed by atoms with Gasteiger partial charge in [0.1, 0.15) is 0 Å². The Morgan fingerprint density at radius 2 is 1.67 bits per heavy atom. The number of carboxylic acids is 1. The van der Waals surface area contributed by atoms with Gasteiger partial charge in [0.15, 0.2) is 11.5 Å². The molecule has 0 atom stereocenters. The molecular weight excluding hydrogens is 270 g/mol. The number of carboxylic acid groups (broad SMARTS) is 1. The third kappa shape index (κ3) is 3.80. The molecule has 0 radical (unpaired) electrons. The van der Waals surface area contributed by atoms with E-state index < -0.39 is 5.97 Å². The first-order chi connectivity index (χ1) is 10.2. The number of anilines is 1. The van der Waals surface area contributed by atoms with E-state index in [-0.39, 0.29) is 5.56 Å². The van der Waals surface area contributed by atoms with E-state index in [1.165, 1.54) is 38.9 Å². The molecular formula is C16H23NO4. The summed E-state index contributed by atoms with van der Waals surface area (Å²) in [7, 11) is 3.05. The molecule has 1 saturated carbocycles. The van der Waals surface area contributed by atoms with Gasteiger partial charge >= 0.3 is 5.97 Å². The monoisotopic (exact) mass is 293 g/mol. The molecule has 0 amide bonds. The second-order valence-electron chi connectivity index (χ2n) is 5.39. The van der Waals surface area contributed by atoms with Crippen LogP contribution in [0.2, 0.25) is 0 Å². The molecule has 0 heterocycles. The lowest BCUT2D eigenvalue weighted by atomic mass is 10.1. The predicted octanol–water partition coefficient (Wildman–Crippen LogP) is 3.54. The minimum absolute atomic E-state index is 0.219. The van der Waals surface area contributed by atoms with Crippen molar-refractivity contribution in [3.05, 3.63) is 17.7 Å². The number of rotatable bonds is 5. The summed E-state index contributed by atoms with van der Waals surface area (Å²) in [5, 5.41) is 12.8. The molecule has 2 N–H and O–H groups in total. The summed E-state index contributed by atoms with van der Waals surface area (Å²) in [6.45, 7) is 0. The zero-order chi connectivity index (χ0) is 15.2. The number of benzene rings is 1. The van der Waals surface area contributed by atoms with Gasteiger partial charge in [-0.25, -0.2) is 4.79 Å². The van der Waals surface area contributed by atoms with Gasteiger partial charge in [0, 0.05) is 18.2 Å². The van der Waals surface area contributed by atoms with Crippen molar-refractivity contribution < 1.29 is 19.4 Å². The molecule has 5 nitrogen and oxygen atoms in total. The van der Waals surface area contributed by atoms with Gasteiger partial charge in [-0.05, 0) is 12.8 Å². The highest BCUT2D eigenvalue weighted by atomic mass is 16.5. The molecule has 0 aliphatic heterocycles. The summed E-state index contributed by atoms with van der Waals surface area (Å²) in [6.07, 6.45) is 7.05. The predicted molar refractivity (Wildman–Crippen MR) is 81.6 cm³/mol. The van der Waals surface area contributed by atoms with Gasteiger partial charge in [0.2, 0.25) is 0 Å². The third-order valence-corrected chi connectivity index (χ3v) is 3.97. The molecule has 1 fully saturated rings. The van der Waals surface area contributed by atoms with Crippen molar-refractivity contribution >= 4 is 11.7 Å². The number of methoxy groups -OCH3 is 2. The van der Waals surface area contributed by atoms with Crippen molar-refractivity contribution in [2.45, 2.75) is 44.6 Å². The molecule has 0 unspecified atom stereocenters. The maximum Gasteiger partial charge on any atom is 0.337 e. The second kappa shape index (κ2) is 7.20. The lowest BCUT2D eigenvalue weighted by Crippen LogP contribution is -2.20. The van der Waals surface area contributed by atoms with E-state index in [4.69, 9.17) is 9.47 Å².